The average molecular weight is 507 g/mol. The van der Waals surface area contributed by atoms with Crippen LogP contribution in [0.4, 0.5) is 5.82 Å². The summed E-state index contributed by atoms with van der Waals surface area (Å²) in [4.78, 5) is 33.5. The van der Waals surface area contributed by atoms with Crippen molar-refractivity contribution in [3.8, 4) is 0 Å². The van der Waals surface area contributed by atoms with E-state index >= 15 is 0 Å². The smallest absolute Gasteiger partial charge is 0.267 e. The second-order valence-corrected chi connectivity index (χ2v) is 10.4. The normalized spacial score (nSPS) is 19.3. The molecule has 3 aromatic rings. The van der Waals surface area contributed by atoms with Crippen LogP contribution in [0.1, 0.15) is 29.5 Å². The molecule has 2 fully saturated rings. The van der Waals surface area contributed by atoms with Crippen molar-refractivity contribution in [2.45, 2.75) is 32.3 Å². The summed E-state index contributed by atoms with van der Waals surface area (Å²) < 4.78 is 7.74. The molecule has 4 heterocycles. The molecule has 0 saturated carbocycles. The Morgan fingerprint density at radius 3 is 2.83 bits per heavy atom. The van der Waals surface area contributed by atoms with Gasteiger partial charge in [-0.3, -0.25) is 18.9 Å². The fourth-order valence-electron chi connectivity index (χ4n) is 4.25. The molecule has 0 spiro atoms. The highest BCUT2D eigenvalue weighted by Crippen LogP contribution is 2.33. The molecule has 0 bridgehead atoms. The molecule has 2 aliphatic heterocycles. The Morgan fingerprint density at radius 1 is 1.23 bits per heavy atom. The Hall–Kier alpha value is -3.01. The SMILES string of the molecule is Cc1ccc2nc(NCC3CCCO3)c(/C=C3/SC(=S)N(CCc4ccccc4)C3=O)c(=O)n2c1. The first kappa shape index (κ1) is 23.7. The molecule has 2 aromatic heterocycles. The zero-order chi connectivity index (χ0) is 24.4. The van der Waals surface area contributed by atoms with Gasteiger partial charge in [0.05, 0.1) is 16.6 Å². The summed E-state index contributed by atoms with van der Waals surface area (Å²) in [5.74, 6) is 0.263. The number of anilines is 1. The van der Waals surface area contributed by atoms with E-state index in [-0.39, 0.29) is 17.6 Å². The quantitative estimate of drug-likeness (QED) is 0.383. The minimum absolute atomic E-state index is 0.0808. The van der Waals surface area contributed by atoms with Crippen molar-refractivity contribution < 1.29 is 9.53 Å². The third-order valence-electron chi connectivity index (χ3n) is 6.14. The van der Waals surface area contributed by atoms with Gasteiger partial charge in [0.15, 0.2) is 0 Å². The lowest BCUT2D eigenvalue weighted by Gasteiger charge is -2.15. The lowest BCUT2D eigenvalue weighted by Crippen LogP contribution is -2.30. The summed E-state index contributed by atoms with van der Waals surface area (Å²) >= 11 is 6.73. The van der Waals surface area contributed by atoms with E-state index in [9.17, 15) is 9.59 Å². The number of ether oxygens (including phenoxy) is 1. The zero-order valence-electron chi connectivity index (χ0n) is 19.4. The number of rotatable bonds is 7. The number of nitrogens with zero attached hydrogens (tertiary/aromatic N) is 3. The van der Waals surface area contributed by atoms with E-state index in [1.54, 1.807) is 17.2 Å². The van der Waals surface area contributed by atoms with Crippen LogP contribution in [0.15, 0.2) is 58.4 Å². The second kappa shape index (κ2) is 10.3. The molecule has 1 amide bonds. The summed E-state index contributed by atoms with van der Waals surface area (Å²) in [7, 11) is 0. The third-order valence-corrected chi connectivity index (χ3v) is 7.52. The van der Waals surface area contributed by atoms with Crippen LogP contribution in [0.25, 0.3) is 11.7 Å². The molecule has 2 saturated heterocycles. The molecule has 2 aliphatic rings. The molecule has 1 N–H and O–H groups in total. The van der Waals surface area contributed by atoms with Gasteiger partial charge >= 0.3 is 0 Å². The minimum atomic E-state index is -0.233. The Morgan fingerprint density at radius 2 is 2.06 bits per heavy atom. The molecular formula is C26H26N4O3S2. The Labute approximate surface area is 213 Å². The number of thiocarbonyl (C=S) groups is 1. The number of pyridine rings is 1. The first-order valence-electron chi connectivity index (χ1n) is 11.7. The second-order valence-electron chi connectivity index (χ2n) is 8.70. The fourth-order valence-corrected chi connectivity index (χ4v) is 5.54. The lowest BCUT2D eigenvalue weighted by atomic mass is 10.1. The number of hydrogen-bond acceptors (Lipinski definition) is 7. The first-order chi connectivity index (χ1) is 17.0. The number of amides is 1. The van der Waals surface area contributed by atoms with Crippen molar-refractivity contribution in [3.05, 3.63) is 80.6 Å². The van der Waals surface area contributed by atoms with Crippen molar-refractivity contribution in [2.75, 3.05) is 25.0 Å². The summed E-state index contributed by atoms with van der Waals surface area (Å²) in [5.41, 5.74) is 2.74. The van der Waals surface area contributed by atoms with Crippen LogP contribution < -0.4 is 10.9 Å². The van der Waals surface area contributed by atoms with Gasteiger partial charge in [-0.1, -0.05) is 60.4 Å². The van der Waals surface area contributed by atoms with Crippen molar-refractivity contribution >= 4 is 51.7 Å². The van der Waals surface area contributed by atoms with E-state index in [1.807, 2.05) is 49.4 Å². The molecule has 1 aromatic carbocycles. The van der Waals surface area contributed by atoms with Crippen LogP contribution in [-0.2, 0) is 16.0 Å². The summed E-state index contributed by atoms with van der Waals surface area (Å²) in [5, 5.41) is 3.30. The highest BCUT2D eigenvalue weighted by atomic mass is 32.2. The third kappa shape index (κ3) is 5.17. The fraction of sp³-hybridized carbons (Fsp3) is 0.308. The number of carbonyl (C=O) groups is 1. The maximum absolute atomic E-state index is 13.5. The van der Waals surface area contributed by atoms with Gasteiger partial charge < -0.3 is 10.1 Å². The Balaban J connectivity index is 1.46. The van der Waals surface area contributed by atoms with Crippen LogP contribution in [0, 0.1) is 6.92 Å². The number of benzene rings is 1. The van der Waals surface area contributed by atoms with Crippen LogP contribution >= 0.6 is 24.0 Å². The van der Waals surface area contributed by atoms with Gasteiger partial charge in [-0.2, -0.15) is 0 Å². The van der Waals surface area contributed by atoms with Gasteiger partial charge in [0.1, 0.15) is 15.8 Å². The summed E-state index contributed by atoms with van der Waals surface area (Å²) in [6, 6.07) is 13.7. The number of carbonyl (C=O) groups excluding carboxylic acids is 1. The van der Waals surface area contributed by atoms with E-state index in [1.165, 1.54) is 16.2 Å². The van der Waals surface area contributed by atoms with E-state index in [0.29, 0.717) is 45.8 Å². The van der Waals surface area contributed by atoms with Gasteiger partial charge in [0, 0.05) is 25.9 Å². The van der Waals surface area contributed by atoms with Crippen molar-refractivity contribution in [2.24, 2.45) is 0 Å². The van der Waals surface area contributed by atoms with Crippen LogP contribution in [0.5, 0.6) is 0 Å². The standard InChI is InChI=1S/C26H26N4O3S2/c1-17-9-10-22-28-23(27-15-19-8-5-13-33-19)20(24(31)30(22)16-17)14-21-25(32)29(26(34)35-21)12-11-18-6-3-2-4-7-18/h2-4,6-7,9-10,14,16,19,27H,5,8,11-13,15H2,1H3/b21-14+. The molecule has 0 radical (unpaired) electrons. The molecule has 35 heavy (non-hydrogen) atoms. The van der Waals surface area contributed by atoms with Crippen LogP contribution in [0.3, 0.4) is 0 Å². The topological polar surface area (TPSA) is 75.9 Å². The molecular weight excluding hydrogens is 480 g/mol. The maximum atomic E-state index is 13.5. The van der Waals surface area contributed by atoms with Gasteiger partial charge in [-0.05, 0) is 49.5 Å². The van der Waals surface area contributed by atoms with Gasteiger partial charge in [-0.15, -0.1) is 0 Å². The van der Waals surface area contributed by atoms with E-state index in [2.05, 4.69) is 5.32 Å². The Kier molecular flexibility index (Phi) is 6.99. The number of nitrogens with one attached hydrogen (secondary N) is 1. The summed E-state index contributed by atoms with van der Waals surface area (Å²) in [6.07, 6.45) is 6.17. The number of aromatic nitrogens is 2. The highest BCUT2D eigenvalue weighted by molar-refractivity contribution is 8.26. The maximum Gasteiger partial charge on any atom is 0.267 e. The Bertz CT molecular complexity index is 1360. The zero-order valence-corrected chi connectivity index (χ0v) is 21.0. The molecule has 1 atom stereocenters. The highest BCUT2D eigenvalue weighted by Gasteiger charge is 2.32. The molecule has 180 valence electrons. The lowest BCUT2D eigenvalue weighted by molar-refractivity contribution is -0.122. The minimum Gasteiger partial charge on any atom is -0.376 e. The van der Waals surface area contributed by atoms with Crippen molar-refractivity contribution in [1.82, 2.24) is 14.3 Å². The molecule has 0 aliphatic carbocycles. The largest absolute Gasteiger partial charge is 0.376 e. The predicted molar refractivity (Wildman–Crippen MR) is 144 cm³/mol. The number of aryl methyl sites for hydroxylation is 1. The predicted octanol–water partition coefficient (Wildman–Crippen LogP) is 4.04. The van der Waals surface area contributed by atoms with Gasteiger partial charge in [0.2, 0.25) is 0 Å². The van der Waals surface area contributed by atoms with Crippen molar-refractivity contribution in [3.63, 3.8) is 0 Å². The molecule has 7 nitrogen and oxygen atoms in total. The van der Waals surface area contributed by atoms with Gasteiger partial charge in [0.25, 0.3) is 11.5 Å². The van der Waals surface area contributed by atoms with E-state index in [4.69, 9.17) is 21.9 Å². The molecule has 1 unspecified atom stereocenters. The van der Waals surface area contributed by atoms with Gasteiger partial charge in [-0.25, -0.2) is 4.98 Å². The van der Waals surface area contributed by atoms with Crippen LogP contribution in [0.2, 0.25) is 0 Å². The number of hydrogen-bond donors (Lipinski definition) is 1. The first-order valence-corrected chi connectivity index (χ1v) is 12.9. The number of fused-ring (bicyclic) bond motifs is 1. The summed E-state index contributed by atoms with van der Waals surface area (Å²) in [6.45, 7) is 3.71. The number of thioether (sulfide) groups is 1. The molecule has 9 heteroatoms. The van der Waals surface area contributed by atoms with Crippen LogP contribution in [-0.4, -0.2) is 50.3 Å². The molecule has 5 rings (SSSR count). The monoisotopic (exact) mass is 506 g/mol. The average Bonchev–Trinajstić information content (AvgIpc) is 3.47. The van der Waals surface area contributed by atoms with E-state index < -0.39 is 0 Å². The van der Waals surface area contributed by atoms with E-state index in [0.717, 1.165) is 30.6 Å². The van der Waals surface area contributed by atoms with Crippen molar-refractivity contribution in [1.29, 1.82) is 0 Å².